The summed E-state index contributed by atoms with van der Waals surface area (Å²) in [6.45, 7) is 9.08. The van der Waals surface area contributed by atoms with Gasteiger partial charge in [0, 0.05) is 39.1 Å². The smallest absolute Gasteiger partial charge is 0.229 e. The first kappa shape index (κ1) is 22.7. The summed E-state index contributed by atoms with van der Waals surface area (Å²) >= 11 is 0. The molecule has 2 aromatic carbocycles. The number of ether oxygens (including phenoxy) is 2. The molecule has 0 N–H and O–H groups in total. The van der Waals surface area contributed by atoms with E-state index >= 15 is 0 Å². The Kier molecular flexibility index (Phi) is 6.68. The Hall–Kier alpha value is -3.12. The highest BCUT2D eigenvalue weighted by atomic mass is 16.5. The highest BCUT2D eigenvalue weighted by Crippen LogP contribution is 2.36. The lowest BCUT2D eigenvalue weighted by Crippen LogP contribution is -2.36. The molecule has 2 aliphatic rings. The number of hydrogen-bond acceptors (Lipinski definition) is 6. The van der Waals surface area contributed by atoms with Gasteiger partial charge in [-0.05, 0) is 43.4 Å². The largest absolute Gasteiger partial charge is 0.493 e. The van der Waals surface area contributed by atoms with Gasteiger partial charge in [0.15, 0.2) is 11.5 Å². The topological polar surface area (TPSA) is 50.7 Å². The fraction of sp³-hybridized carbons (Fsp3) is 0.429. The van der Waals surface area contributed by atoms with Crippen LogP contribution in [0.2, 0.25) is 0 Å². The normalized spacial score (nSPS) is 16.9. The van der Waals surface area contributed by atoms with Crippen LogP contribution in [-0.4, -0.2) is 41.6 Å². The second-order valence-corrected chi connectivity index (χ2v) is 9.62. The molecule has 2 aliphatic heterocycles. The van der Waals surface area contributed by atoms with E-state index in [1.807, 2.05) is 24.3 Å². The molecule has 0 atom stereocenters. The molecule has 1 fully saturated rings. The first-order chi connectivity index (χ1) is 16.6. The molecular formula is C28H34N4O2. The lowest BCUT2D eigenvalue weighted by molar-refractivity contribution is 0.237. The number of aryl methyl sites for hydroxylation is 1. The van der Waals surface area contributed by atoms with E-state index in [2.05, 4.69) is 47.9 Å². The number of methoxy groups -OCH3 is 1. The predicted octanol–water partition coefficient (Wildman–Crippen LogP) is 5.38. The molecule has 0 saturated carbocycles. The van der Waals surface area contributed by atoms with Crippen LogP contribution >= 0.6 is 0 Å². The Labute approximate surface area is 202 Å². The molecule has 0 aliphatic carbocycles. The minimum Gasteiger partial charge on any atom is -0.493 e. The number of anilines is 1. The molecule has 1 saturated heterocycles. The fourth-order valence-corrected chi connectivity index (χ4v) is 4.76. The van der Waals surface area contributed by atoms with Gasteiger partial charge in [-0.2, -0.15) is 4.98 Å². The molecule has 0 radical (unpaired) electrons. The standard InChI is InChI=1S/C28H34N4O2/c1-20-8-10-22(11-9-20)18-31-15-14-24-23(19-31)27(34-26-7-5-4-6-25(26)33-3)30-28(29-24)32-16-12-21(2)13-17-32/h4-11,21H,12-19H2,1-3H3. The average Bonchev–Trinajstić information content (AvgIpc) is 2.86. The van der Waals surface area contributed by atoms with Gasteiger partial charge in [-0.3, -0.25) is 4.90 Å². The van der Waals surface area contributed by atoms with Gasteiger partial charge in [0.05, 0.1) is 18.4 Å². The zero-order valence-corrected chi connectivity index (χ0v) is 20.5. The van der Waals surface area contributed by atoms with Crippen molar-refractivity contribution >= 4 is 5.95 Å². The molecular weight excluding hydrogens is 424 g/mol. The monoisotopic (exact) mass is 458 g/mol. The Balaban J connectivity index is 1.46. The second-order valence-electron chi connectivity index (χ2n) is 9.62. The van der Waals surface area contributed by atoms with E-state index in [1.54, 1.807) is 7.11 Å². The average molecular weight is 459 g/mol. The molecule has 0 amide bonds. The molecule has 1 aromatic heterocycles. The van der Waals surface area contributed by atoms with E-state index in [9.17, 15) is 0 Å². The zero-order valence-electron chi connectivity index (χ0n) is 20.5. The number of piperidine rings is 1. The number of rotatable bonds is 6. The van der Waals surface area contributed by atoms with Crippen molar-refractivity contribution in [3.05, 3.63) is 70.9 Å². The highest BCUT2D eigenvalue weighted by Gasteiger charge is 2.27. The summed E-state index contributed by atoms with van der Waals surface area (Å²) < 4.78 is 12.0. The van der Waals surface area contributed by atoms with E-state index in [0.717, 1.165) is 62.3 Å². The summed E-state index contributed by atoms with van der Waals surface area (Å²) in [4.78, 5) is 14.8. The number of benzene rings is 2. The summed E-state index contributed by atoms with van der Waals surface area (Å²) in [6, 6.07) is 16.5. The maximum Gasteiger partial charge on any atom is 0.229 e. The Morgan fingerprint density at radius 1 is 0.941 bits per heavy atom. The molecule has 5 rings (SSSR count). The van der Waals surface area contributed by atoms with Crippen LogP contribution in [0.25, 0.3) is 0 Å². The molecule has 6 nitrogen and oxygen atoms in total. The lowest BCUT2D eigenvalue weighted by atomic mass is 9.99. The summed E-state index contributed by atoms with van der Waals surface area (Å²) in [7, 11) is 1.67. The van der Waals surface area contributed by atoms with Crippen LogP contribution in [0.1, 0.15) is 42.1 Å². The maximum atomic E-state index is 6.44. The summed E-state index contributed by atoms with van der Waals surface area (Å²) in [5.41, 5.74) is 4.79. The van der Waals surface area contributed by atoms with Crippen LogP contribution in [0.15, 0.2) is 48.5 Å². The van der Waals surface area contributed by atoms with Gasteiger partial charge >= 0.3 is 0 Å². The SMILES string of the molecule is COc1ccccc1Oc1nc(N2CCC(C)CC2)nc2c1CN(Cc1ccc(C)cc1)CC2. The summed E-state index contributed by atoms with van der Waals surface area (Å²) in [5, 5.41) is 0. The van der Waals surface area contributed by atoms with Crippen LogP contribution in [-0.2, 0) is 19.5 Å². The van der Waals surface area contributed by atoms with Gasteiger partial charge in [0.1, 0.15) is 0 Å². The molecule has 0 bridgehead atoms. The quantitative estimate of drug-likeness (QED) is 0.494. The van der Waals surface area contributed by atoms with E-state index < -0.39 is 0 Å². The van der Waals surface area contributed by atoms with Gasteiger partial charge in [-0.15, -0.1) is 0 Å². The highest BCUT2D eigenvalue weighted by molar-refractivity contribution is 5.47. The maximum absolute atomic E-state index is 6.44. The first-order valence-electron chi connectivity index (χ1n) is 12.3. The van der Waals surface area contributed by atoms with Gasteiger partial charge in [0.2, 0.25) is 11.8 Å². The van der Waals surface area contributed by atoms with Crippen molar-refractivity contribution in [3.8, 4) is 17.4 Å². The zero-order chi connectivity index (χ0) is 23.5. The summed E-state index contributed by atoms with van der Waals surface area (Å²) in [5.74, 6) is 3.59. The van der Waals surface area contributed by atoms with Crippen molar-refractivity contribution in [1.29, 1.82) is 0 Å². The lowest BCUT2D eigenvalue weighted by Gasteiger charge is -2.33. The minimum atomic E-state index is 0.650. The van der Waals surface area contributed by atoms with Crippen LogP contribution in [0.3, 0.4) is 0 Å². The molecule has 0 spiro atoms. The van der Waals surface area contributed by atoms with Crippen LogP contribution in [0.5, 0.6) is 17.4 Å². The van der Waals surface area contributed by atoms with Crippen LogP contribution in [0.4, 0.5) is 5.95 Å². The number of nitrogens with zero attached hydrogens (tertiary/aromatic N) is 4. The Bertz CT molecular complexity index is 1120. The summed E-state index contributed by atoms with van der Waals surface area (Å²) in [6.07, 6.45) is 3.24. The van der Waals surface area contributed by atoms with E-state index in [0.29, 0.717) is 17.4 Å². The molecule has 178 valence electrons. The third kappa shape index (κ3) is 5.02. The van der Waals surface area contributed by atoms with Gasteiger partial charge in [0.25, 0.3) is 0 Å². The van der Waals surface area contributed by atoms with E-state index in [-0.39, 0.29) is 0 Å². The molecule has 0 unspecified atom stereocenters. The Morgan fingerprint density at radius 2 is 1.68 bits per heavy atom. The third-order valence-corrected chi connectivity index (χ3v) is 6.96. The molecule has 34 heavy (non-hydrogen) atoms. The fourth-order valence-electron chi connectivity index (χ4n) is 4.76. The van der Waals surface area contributed by atoms with Crippen LogP contribution < -0.4 is 14.4 Å². The minimum absolute atomic E-state index is 0.650. The van der Waals surface area contributed by atoms with Gasteiger partial charge < -0.3 is 14.4 Å². The second kappa shape index (κ2) is 10.0. The predicted molar refractivity (Wildman–Crippen MR) is 135 cm³/mol. The number of hydrogen-bond donors (Lipinski definition) is 0. The van der Waals surface area contributed by atoms with Crippen molar-refractivity contribution in [2.75, 3.05) is 31.6 Å². The van der Waals surface area contributed by atoms with Crippen molar-refractivity contribution < 1.29 is 9.47 Å². The van der Waals surface area contributed by atoms with Crippen LogP contribution in [0, 0.1) is 12.8 Å². The van der Waals surface area contributed by atoms with Crippen molar-refractivity contribution in [2.45, 2.75) is 46.2 Å². The molecule has 6 heteroatoms. The van der Waals surface area contributed by atoms with E-state index in [1.165, 1.54) is 24.0 Å². The number of para-hydroxylation sites is 2. The van der Waals surface area contributed by atoms with Crippen molar-refractivity contribution in [2.24, 2.45) is 5.92 Å². The number of aromatic nitrogens is 2. The number of fused-ring (bicyclic) bond motifs is 1. The van der Waals surface area contributed by atoms with Crippen molar-refractivity contribution in [1.82, 2.24) is 14.9 Å². The van der Waals surface area contributed by atoms with Gasteiger partial charge in [-0.25, -0.2) is 4.98 Å². The first-order valence-corrected chi connectivity index (χ1v) is 12.3. The molecule has 3 heterocycles. The molecule has 3 aromatic rings. The van der Waals surface area contributed by atoms with Gasteiger partial charge in [-0.1, -0.05) is 48.9 Å². The van der Waals surface area contributed by atoms with Crippen molar-refractivity contribution in [3.63, 3.8) is 0 Å². The third-order valence-electron chi connectivity index (χ3n) is 6.96. The van der Waals surface area contributed by atoms with E-state index in [4.69, 9.17) is 19.4 Å². The Morgan fingerprint density at radius 3 is 2.41 bits per heavy atom.